The largest absolute Gasteiger partial charge is 0.311 e. The molecular formula is C20H21N5O2S. The van der Waals surface area contributed by atoms with E-state index in [0.29, 0.717) is 11.7 Å². The summed E-state index contributed by atoms with van der Waals surface area (Å²) in [7, 11) is 1.86. The number of para-hydroxylation sites is 1. The lowest BCUT2D eigenvalue weighted by atomic mass is 10.1. The fraction of sp³-hybridized carbons (Fsp3) is 0.300. The molecule has 0 radical (unpaired) electrons. The SMILES string of the molecule is Cc1ccccc1N1C[C@@H](C(=O)Nc2nc(-c3cn(C)nc3C)cs2)CC1=O. The lowest BCUT2D eigenvalue weighted by Gasteiger charge is -2.18. The minimum Gasteiger partial charge on any atom is -0.311 e. The number of carbonyl (C=O) groups is 2. The second-order valence-corrected chi connectivity index (χ2v) is 7.88. The number of hydrogen-bond acceptors (Lipinski definition) is 5. The van der Waals surface area contributed by atoms with E-state index >= 15 is 0 Å². The van der Waals surface area contributed by atoms with Gasteiger partial charge >= 0.3 is 0 Å². The molecule has 0 aliphatic carbocycles. The van der Waals surface area contributed by atoms with E-state index in [2.05, 4.69) is 15.4 Å². The summed E-state index contributed by atoms with van der Waals surface area (Å²) >= 11 is 1.37. The third-order valence-electron chi connectivity index (χ3n) is 4.93. The number of carbonyl (C=O) groups excluding carboxylic acids is 2. The van der Waals surface area contributed by atoms with E-state index < -0.39 is 0 Å². The third kappa shape index (κ3) is 3.43. The van der Waals surface area contributed by atoms with Gasteiger partial charge in [-0.2, -0.15) is 5.10 Å². The molecule has 8 heteroatoms. The van der Waals surface area contributed by atoms with Crippen LogP contribution in [0.1, 0.15) is 17.7 Å². The number of benzene rings is 1. The molecule has 0 spiro atoms. The van der Waals surface area contributed by atoms with E-state index in [1.54, 1.807) is 9.58 Å². The summed E-state index contributed by atoms with van der Waals surface area (Å²) in [6.45, 7) is 4.28. The Balaban J connectivity index is 1.46. The van der Waals surface area contributed by atoms with Crippen molar-refractivity contribution in [3.05, 3.63) is 47.1 Å². The molecule has 3 heterocycles. The highest BCUT2D eigenvalue weighted by Gasteiger charge is 2.35. The van der Waals surface area contributed by atoms with Gasteiger partial charge in [-0.1, -0.05) is 18.2 Å². The van der Waals surface area contributed by atoms with E-state index in [9.17, 15) is 9.59 Å². The first-order valence-electron chi connectivity index (χ1n) is 9.05. The highest BCUT2D eigenvalue weighted by Crippen LogP contribution is 2.30. The average Bonchev–Trinajstić information content (AvgIpc) is 3.34. The standard InChI is InChI=1S/C20H21N5O2S/c1-12-6-4-5-7-17(12)25-9-14(8-18(25)26)19(27)22-20-21-16(11-28-20)15-10-24(3)23-13(15)2/h4-7,10-11,14H,8-9H2,1-3H3,(H,21,22,27)/t14-/m0/s1. The molecule has 28 heavy (non-hydrogen) atoms. The van der Waals surface area contributed by atoms with Crippen LogP contribution in [0.4, 0.5) is 10.8 Å². The van der Waals surface area contributed by atoms with E-state index in [1.807, 2.05) is 56.7 Å². The van der Waals surface area contributed by atoms with Crippen LogP contribution in [0.2, 0.25) is 0 Å². The molecule has 0 unspecified atom stereocenters. The van der Waals surface area contributed by atoms with Crippen molar-refractivity contribution in [1.82, 2.24) is 14.8 Å². The number of amides is 2. The van der Waals surface area contributed by atoms with Gasteiger partial charge in [-0.25, -0.2) is 4.98 Å². The predicted octanol–water partition coefficient (Wildman–Crippen LogP) is 3.15. The van der Waals surface area contributed by atoms with Crippen LogP contribution in [-0.2, 0) is 16.6 Å². The smallest absolute Gasteiger partial charge is 0.231 e. The summed E-state index contributed by atoms with van der Waals surface area (Å²) in [6.07, 6.45) is 2.12. The minimum atomic E-state index is -0.389. The molecule has 1 fully saturated rings. The van der Waals surface area contributed by atoms with Gasteiger partial charge in [0.05, 0.1) is 17.3 Å². The summed E-state index contributed by atoms with van der Waals surface area (Å²) in [4.78, 5) is 31.4. The minimum absolute atomic E-state index is 0.0275. The van der Waals surface area contributed by atoms with Crippen molar-refractivity contribution in [2.24, 2.45) is 13.0 Å². The Hall–Kier alpha value is -3.00. The molecule has 1 atom stereocenters. The number of rotatable bonds is 4. The van der Waals surface area contributed by atoms with Crippen LogP contribution in [0, 0.1) is 19.8 Å². The first-order chi connectivity index (χ1) is 13.4. The zero-order chi connectivity index (χ0) is 19.8. The lowest BCUT2D eigenvalue weighted by Crippen LogP contribution is -2.28. The number of aromatic nitrogens is 3. The summed E-state index contributed by atoms with van der Waals surface area (Å²) in [5.41, 5.74) is 4.51. The fourth-order valence-corrected chi connectivity index (χ4v) is 4.21. The Morgan fingerprint density at radius 1 is 1.29 bits per heavy atom. The maximum absolute atomic E-state index is 12.7. The molecule has 1 aliphatic rings. The Morgan fingerprint density at radius 2 is 2.07 bits per heavy atom. The van der Waals surface area contributed by atoms with Crippen LogP contribution < -0.4 is 10.2 Å². The zero-order valence-electron chi connectivity index (χ0n) is 16.0. The molecule has 4 rings (SSSR count). The molecule has 1 aromatic carbocycles. The van der Waals surface area contributed by atoms with Gasteiger partial charge in [-0.15, -0.1) is 11.3 Å². The van der Waals surface area contributed by atoms with Crippen molar-refractivity contribution in [2.45, 2.75) is 20.3 Å². The van der Waals surface area contributed by atoms with Crippen molar-refractivity contribution < 1.29 is 9.59 Å². The van der Waals surface area contributed by atoms with Crippen LogP contribution in [0.25, 0.3) is 11.3 Å². The van der Waals surface area contributed by atoms with E-state index in [4.69, 9.17) is 0 Å². The third-order valence-corrected chi connectivity index (χ3v) is 5.68. The molecule has 2 amide bonds. The molecule has 1 N–H and O–H groups in total. The number of nitrogens with zero attached hydrogens (tertiary/aromatic N) is 4. The van der Waals surface area contributed by atoms with Crippen molar-refractivity contribution in [3.63, 3.8) is 0 Å². The monoisotopic (exact) mass is 395 g/mol. The molecule has 7 nitrogen and oxygen atoms in total. The summed E-state index contributed by atoms with van der Waals surface area (Å²) in [5, 5.41) is 9.63. The number of anilines is 2. The maximum Gasteiger partial charge on any atom is 0.231 e. The maximum atomic E-state index is 12.7. The van der Waals surface area contributed by atoms with Crippen LogP contribution in [0.3, 0.4) is 0 Å². The van der Waals surface area contributed by atoms with Crippen molar-refractivity contribution in [2.75, 3.05) is 16.8 Å². The second kappa shape index (κ2) is 7.20. The first-order valence-corrected chi connectivity index (χ1v) is 9.93. The van der Waals surface area contributed by atoms with E-state index in [1.165, 1.54) is 11.3 Å². The first kappa shape index (κ1) is 18.4. The number of aryl methyl sites for hydroxylation is 3. The Labute approximate surface area is 167 Å². The summed E-state index contributed by atoms with van der Waals surface area (Å²) in [5.74, 6) is -0.590. The average molecular weight is 395 g/mol. The van der Waals surface area contributed by atoms with E-state index in [0.717, 1.165) is 28.2 Å². The van der Waals surface area contributed by atoms with Crippen LogP contribution in [0.15, 0.2) is 35.8 Å². The number of thiazole rings is 1. The normalized spacial score (nSPS) is 16.6. The molecule has 1 saturated heterocycles. The summed E-state index contributed by atoms with van der Waals surface area (Å²) in [6, 6.07) is 7.72. The van der Waals surface area contributed by atoms with Crippen molar-refractivity contribution >= 4 is 34.0 Å². The summed E-state index contributed by atoms with van der Waals surface area (Å²) < 4.78 is 1.74. The quantitative estimate of drug-likeness (QED) is 0.736. The van der Waals surface area contributed by atoms with Gasteiger partial charge in [-0.05, 0) is 25.5 Å². The van der Waals surface area contributed by atoms with Gasteiger partial charge in [0.25, 0.3) is 0 Å². The second-order valence-electron chi connectivity index (χ2n) is 7.02. The molecule has 0 saturated carbocycles. The predicted molar refractivity (Wildman–Crippen MR) is 109 cm³/mol. The molecule has 0 bridgehead atoms. The molecule has 3 aromatic rings. The fourth-order valence-electron chi connectivity index (χ4n) is 3.50. The zero-order valence-corrected chi connectivity index (χ0v) is 16.8. The lowest BCUT2D eigenvalue weighted by molar-refractivity contribution is -0.122. The van der Waals surface area contributed by atoms with Gasteiger partial charge in [0, 0.05) is 42.8 Å². The van der Waals surface area contributed by atoms with Gasteiger partial charge in [0.15, 0.2) is 5.13 Å². The van der Waals surface area contributed by atoms with Crippen LogP contribution in [0.5, 0.6) is 0 Å². The number of nitrogens with one attached hydrogen (secondary N) is 1. The van der Waals surface area contributed by atoms with Gasteiger partial charge in [0.2, 0.25) is 11.8 Å². The van der Waals surface area contributed by atoms with Gasteiger partial charge in [-0.3, -0.25) is 14.3 Å². The Bertz CT molecular complexity index is 1050. The Morgan fingerprint density at radius 3 is 2.79 bits per heavy atom. The number of hydrogen-bond donors (Lipinski definition) is 1. The van der Waals surface area contributed by atoms with Gasteiger partial charge < -0.3 is 10.2 Å². The van der Waals surface area contributed by atoms with E-state index in [-0.39, 0.29) is 24.2 Å². The molecular weight excluding hydrogens is 374 g/mol. The highest BCUT2D eigenvalue weighted by atomic mass is 32.1. The van der Waals surface area contributed by atoms with Crippen molar-refractivity contribution in [1.29, 1.82) is 0 Å². The highest BCUT2D eigenvalue weighted by molar-refractivity contribution is 7.14. The Kier molecular flexibility index (Phi) is 4.72. The molecule has 2 aromatic heterocycles. The molecule has 144 valence electrons. The van der Waals surface area contributed by atoms with Crippen molar-refractivity contribution in [3.8, 4) is 11.3 Å². The van der Waals surface area contributed by atoms with Crippen LogP contribution >= 0.6 is 11.3 Å². The molecule has 1 aliphatic heterocycles. The topological polar surface area (TPSA) is 80.1 Å². The van der Waals surface area contributed by atoms with Crippen LogP contribution in [-0.4, -0.2) is 33.1 Å². The van der Waals surface area contributed by atoms with Gasteiger partial charge in [0.1, 0.15) is 0 Å².